The Morgan fingerprint density at radius 3 is 2.39 bits per heavy atom. The van der Waals surface area contributed by atoms with Crippen molar-refractivity contribution in [2.45, 2.75) is 0 Å². The molecule has 18 heavy (non-hydrogen) atoms. The first kappa shape index (κ1) is 10.3. The summed E-state index contributed by atoms with van der Waals surface area (Å²) < 4.78 is 2.66. The van der Waals surface area contributed by atoms with Gasteiger partial charge in [-0.05, 0) is 23.6 Å². The fourth-order valence-electron chi connectivity index (χ4n) is 2.12. The van der Waals surface area contributed by atoms with Crippen molar-refractivity contribution in [1.82, 2.24) is 0 Å². The summed E-state index contributed by atoms with van der Waals surface area (Å²) in [5.74, 6) is 0. The molecule has 2 aromatic heterocycles. The third kappa shape index (κ3) is 1.57. The van der Waals surface area contributed by atoms with E-state index < -0.39 is 0 Å². The van der Waals surface area contributed by atoms with E-state index in [1.165, 1.54) is 29.9 Å². The zero-order valence-corrected chi connectivity index (χ0v) is 11.1. The van der Waals surface area contributed by atoms with Crippen LogP contribution in [0.15, 0.2) is 54.6 Å². The average molecular weight is 265 g/mol. The molecule has 0 spiro atoms. The van der Waals surface area contributed by atoms with Crippen molar-refractivity contribution in [3.8, 4) is 9.75 Å². The van der Waals surface area contributed by atoms with Gasteiger partial charge in [0.05, 0.1) is 4.88 Å². The van der Waals surface area contributed by atoms with Gasteiger partial charge < -0.3 is 0 Å². The van der Waals surface area contributed by atoms with Crippen molar-refractivity contribution < 1.29 is 0 Å². The minimum Gasteiger partial charge on any atom is -0.134 e. The van der Waals surface area contributed by atoms with E-state index in [9.17, 15) is 0 Å². The largest absolute Gasteiger partial charge is 0.134 e. The van der Waals surface area contributed by atoms with Crippen LogP contribution in [0.4, 0.5) is 0 Å². The smallest absolute Gasteiger partial charge is 0.0534 e. The van der Waals surface area contributed by atoms with Crippen molar-refractivity contribution in [2.75, 3.05) is 0 Å². The zero-order chi connectivity index (χ0) is 11.9. The molecular weight excluding hydrogens is 256 g/mol. The molecule has 0 fully saturated rings. The monoisotopic (exact) mass is 265 g/mol. The van der Waals surface area contributed by atoms with Crippen molar-refractivity contribution in [3.05, 3.63) is 60.7 Å². The van der Waals surface area contributed by atoms with Crippen molar-refractivity contribution in [1.29, 1.82) is 0 Å². The molecule has 4 rings (SSSR count). The van der Waals surface area contributed by atoms with Crippen LogP contribution in [0.3, 0.4) is 0 Å². The topological polar surface area (TPSA) is 0 Å². The van der Waals surface area contributed by atoms with Gasteiger partial charge in [-0.1, -0.05) is 36.4 Å². The maximum absolute atomic E-state index is 3.50. The van der Waals surface area contributed by atoms with E-state index in [2.05, 4.69) is 60.7 Å². The second-order valence-electron chi connectivity index (χ2n) is 4.20. The SMILES string of the molecule is [c]1c(-c2cc3ccccc3s2)sc2ccccc12. The van der Waals surface area contributed by atoms with Crippen LogP contribution in [0.25, 0.3) is 29.9 Å². The predicted octanol–water partition coefficient (Wildman–Crippen LogP) is 5.58. The Kier molecular flexibility index (Phi) is 2.25. The number of benzene rings is 2. The first-order chi connectivity index (χ1) is 8.90. The summed E-state index contributed by atoms with van der Waals surface area (Å²) in [6, 6.07) is 22.7. The predicted molar refractivity (Wildman–Crippen MR) is 81.5 cm³/mol. The Hall–Kier alpha value is -1.64. The molecule has 2 aromatic carbocycles. The van der Waals surface area contributed by atoms with Gasteiger partial charge in [-0.15, -0.1) is 22.7 Å². The van der Waals surface area contributed by atoms with E-state index >= 15 is 0 Å². The van der Waals surface area contributed by atoms with E-state index in [4.69, 9.17) is 0 Å². The van der Waals surface area contributed by atoms with Gasteiger partial charge in [0.1, 0.15) is 0 Å². The molecule has 2 heteroatoms. The van der Waals surface area contributed by atoms with E-state index in [1.54, 1.807) is 0 Å². The molecule has 0 aliphatic rings. The summed E-state index contributed by atoms with van der Waals surface area (Å²) in [4.78, 5) is 2.56. The molecule has 0 bridgehead atoms. The molecule has 0 aliphatic heterocycles. The fraction of sp³-hybridized carbons (Fsp3) is 0. The number of hydrogen-bond donors (Lipinski definition) is 0. The second kappa shape index (κ2) is 3.94. The minimum atomic E-state index is 1.22. The van der Waals surface area contributed by atoms with Crippen LogP contribution in [-0.2, 0) is 0 Å². The fourth-order valence-corrected chi connectivity index (χ4v) is 4.25. The van der Waals surface area contributed by atoms with Crippen LogP contribution in [0, 0.1) is 6.07 Å². The van der Waals surface area contributed by atoms with Crippen LogP contribution in [0.2, 0.25) is 0 Å². The quantitative estimate of drug-likeness (QED) is 0.421. The Balaban J connectivity index is 1.95. The molecule has 0 aliphatic carbocycles. The maximum Gasteiger partial charge on any atom is 0.0534 e. The van der Waals surface area contributed by atoms with Crippen molar-refractivity contribution >= 4 is 42.8 Å². The molecule has 0 saturated carbocycles. The molecule has 4 aromatic rings. The maximum atomic E-state index is 3.50. The van der Waals surface area contributed by atoms with E-state index in [0.717, 1.165) is 0 Å². The lowest BCUT2D eigenvalue weighted by Gasteiger charge is -1.85. The highest BCUT2D eigenvalue weighted by atomic mass is 32.1. The van der Waals surface area contributed by atoms with Gasteiger partial charge >= 0.3 is 0 Å². The molecule has 1 radical (unpaired) electrons. The summed E-state index contributed by atoms with van der Waals surface area (Å²) in [6.07, 6.45) is 0. The van der Waals surface area contributed by atoms with Crippen LogP contribution in [0.5, 0.6) is 0 Å². The first-order valence-corrected chi connectivity index (χ1v) is 7.43. The Bertz CT molecular complexity index is 698. The van der Waals surface area contributed by atoms with E-state index in [1.807, 2.05) is 22.7 Å². The van der Waals surface area contributed by atoms with Crippen molar-refractivity contribution in [2.24, 2.45) is 0 Å². The molecule has 0 amide bonds. The van der Waals surface area contributed by atoms with Crippen LogP contribution in [0.1, 0.15) is 0 Å². The molecule has 0 atom stereocenters. The van der Waals surface area contributed by atoms with Crippen LogP contribution < -0.4 is 0 Å². The average Bonchev–Trinajstić information content (AvgIpc) is 3.02. The Morgan fingerprint density at radius 2 is 1.56 bits per heavy atom. The highest BCUT2D eigenvalue weighted by molar-refractivity contribution is 7.28. The molecule has 0 N–H and O–H groups in total. The van der Waals surface area contributed by atoms with Gasteiger partial charge in [0, 0.05) is 25.7 Å². The number of thiophene rings is 2. The molecule has 0 unspecified atom stereocenters. The molecular formula is C16H9S2. The van der Waals surface area contributed by atoms with Gasteiger partial charge in [-0.3, -0.25) is 0 Å². The van der Waals surface area contributed by atoms with E-state index in [-0.39, 0.29) is 0 Å². The molecule has 85 valence electrons. The summed E-state index contributed by atoms with van der Waals surface area (Å²) in [7, 11) is 0. The lowest BCUT2D eigenvalue weighted by atomic mass is 10.2. The number of hydrogen-bond acceptors (Lipinski definition) is 2. The van der Waals surface area contributed by atoms with Crippen molar-refractivity contribution in [3.63, 3.8) is 0 Å². The summed E-state index contributed by atoms with van der Waals surface area (Å²) in [5, 5.41) is 2.54. The lowest BCUT2D eigenvalue weighted by Crippen LogP contribution is -1.60. The summed E-state index contributed by atoms with van der Waals surface area (Å²) in [5.41, 5.74) is 0. The van der Waals surface area contributed by atoms with Gasteiger partial charge in [-0.2, -0.15) is 0 Å². The third-order valence-electron chi connectivity index (χ3n) is 3.00. The van der Waals surface area contributed by atoms with Crippen LogP contribution in [-0.4, -0.2) is 0 Å². The summed E-state index contributed by atoms with van der Waals surface area (Å²) >= 11 is 3.67. The molecule has 0 nitrogen and oxygen atoms in total. The number of rotatable bonds is 1. The van der Waals surface area contributed by atoms with E-state index in [0.29, 0.717) is 0 Å². The molecule has 0 saturated heterocycles. The third-order valence-corrected chi connectivity index (χ3v) is 5.36. The lowest BCUT2D eigenvalue weighted by molar-refractivity contribution is 1.84. The van der Waals surface area contributed by atoms with Gasteiger partial charge in [0.15, 0.2) is 0 Å². The van der Waals surface area contributed by atoms with Gasteiger partial charge in [0.2, 0.25) is 0 Å². The second-order valence-corrected chi connectivity index (χ2v) is 6.34. The Labute approximate surface area is 113 Å². The molecule has 2 heterocycles. The Morgan fingerprint density at radius 1 is 0.778 bits per heavy atom. The normalized spacial score (nSPS) is 11.3. The van der Waals surface area contributed by atoms with Gasteiger partial charge in [0.25, 0.3) is 0 Å². The standard InChI is InChI=1S/C16H9S2/c1-3-7-13-11(5-1)9-15(17-13)16-10-12-6-2-4-8-14(12)18-16/h1-9H. The minimum absolute atomic E-state index is 1.22. The highest BCUT2D eigenvalue weighted by Gasteiger charge is 2.07. The van der Waals surface area contributed by atoms with Gasteiger partial charge in [-0.25, -0.2) is 0 Å². The summed E-state index contributed by atoms with van der Waals surface area (Å²) in [6.45, 7) is 0. The van der Waals surface area contributed by atoms with Crippen LogP contribution >= 0.6 is 22.7 Å². The zero-order valence-electron chi connectivity index (χ0n) is 9.51. The highest BCUT2D eigenvalue weighted by Crippen LogP contribution is 2.39. The number of fused-ring (bicyclic) bond motifs is 2. The first-order valence-electron chi connectivity index (χ1n) is 5.80.